The lowest BCUT2D eigenvalue weighted by molar-refractivity contribution is -0.301. The summed E-state index contributed by atoms with van der Waals surface area (Å²) < 4.78 is 13.5. The number of halogens is 1. The Balaban J connectivity index is 1.82. The SMILES string of the molecule is O=C([O-])CS/C(=C\c1cccc(F)c1)c1nc2sc3c(c2c(=O)[nH]1)CCCC3. The lowest BCUT2D eigenvalue weighted by atomic mass is 9.97. The monoisotopic (exact) mass is 415 g/mol. The highest BCUT2D eigenvalue weighted by Gasteiger charge is 2.20. The number of aliphatic carboxylic acids is 1. The Labute approximate surface area is 168 Å². The third-order valence-electron chi connectivity index (χ3n) is 4.55. The molecule has 0 aliphatic heterocycles. The number of thiophene rings is 1. The summed E-state index contributed by atoms with van der Waals surface area (Å²) in [6.07, 6.45) is 5.62. The molecule has 0 saturated carbocycles. The predicted molar refractivity (Wildman–Crippen MR) is 109 cm³/mol. The fourth-order valence-corrected chi connectivity index (χ4v) is 5.33. The largest absolute Gasteiger partial charge is 0.549 e. The molecule has 144 valence electrons. The van der Waals surface area contributed by atoms with Crippen LogP contribution in [-0.4, -0.2) is 21.7 Å². The molecule has 1 N–H and O–H groups in total. The number of fused-ring (bicyclic) bond motifs is 3. The van der Waals surface area contributed by atoms with Crippen LogP contribution in [-0.2, 0) is 17.6 Å². The highest BCUT2D eigenvalue weighted by atomic mass is 32.2. The van der Waals surface area contributed by atoms with Gasteiger partial charge in [0.2, 0.25) is 0 Å². The number of nitrogens with zero attached hydrogens (tertiary/aromatic N) is 1. The molecule has 0 spiro atoms. The van der Waals surface area contributed by atoms with Gasteiger partial charge in [0.1, 0.15) is 16.5 Å². The van der Waals surface area contributed by atoms with Crippen LogP contribution < -0.4 is 10.7 Å². The summed E-state index contributed by atoms with van der Waals surface area (Å²) in [6.45, 7) is 0. The van der Waals surface area contributed by atoms with E-state index in [1.54, 1.807) is 18.2 Å². The third-order valence-corrected chi connectivity index (χ3v) is 6.74. The summed E-state index contributed by atoms with van der Waals surface area (Å²) >= 11 is 2.51. The number of carboxylic acid groups (broad SMARTS) is 1. The van der Waals surface area contributed by atoms with Crippen LogP contribution in [0, 0.1) is 5.82 Å². The van der Waals surface area contributed by atoms with Gasteiger partial charge in [0.15, 0.2) is 0 Å². The number of hydrogen-bond acceptors (Lipinski definition) is 6. The quantitative estimate of drug-likeness (QED) is 0.692. The second kappa shape index (κ2) is 7.89. The van der Waals surface area contributed by atoms with Crippen LogP contribution in [0.2, 0.25) is 0 Å². The number of aryl methyl sites for hydroxylation is 2. The fourth-order valence-electron chi connectivity index (χ4n) is 3.34. The molecule has 8 heteroatoms. The number of thioether (sulfide) groups is 1. The van der Waals surface area contributed by atoms with Crippen molar-refractivity contribution in [3.05, 3.63) is 62.3 Å². The van der Waals surface area contributed by atoms with Gasteiger partial charge < -0.3 is 14.9 Å². The van der Waals surface area contributed by atoms with E-state index in [0.29, 0.717) is 20.7 Å². The summed E-state index contributed by atoms with van der Waals surface area (Å²) in [5, 5.41) is 11.6. The number of aromatic nitrogens is 2. The summed E-state index contributed by atoms with van der Waals surface area (Å²) in [5.41, 5.74) is 1.41. The number of carboxylic acids is 1. The van der Waals surface area contributed by atoms with E-state index < -0.39 is 11.8 Å². The van der Waals surface area contributed by atoms with Crippen molar-refractivity contribution in [3.8, 4) is 0 Å². The molecule has 0 bridgehead atoms. The topological polar surface area (TPSA) is 85.9 Å². The molecule has 0 fully saturated rings. The van der Waals surface area contributed by atoms with E-state index in [4.69, 9.17) is 0 Å². The van der Waals surface area contributed by atoms with Crippen LogP contribution in [0.25, 0.3) is 21.2 Å². The summed E-state index contributed by atoms with van der Waals surface area (Å²) in [7, 11) is 0. The maximum Gasteiger partial charge on any atom is 0.260 e. The molecule has 1 aliphatic rings. The molecule has 2 aromatic heterocycles. The van der Waals surface area contributed by atoms with Crippen LogP contribution in [0.3, 0.4) is 0 Å². The fraction of sp³-hybridized carbons (Fsp3) is 0.250. The smallest absolute Gasteiger partial charge is 0.260 e. The average molecular weight is 415 g/mol. The number of carbonyl (C=O) groups is 1. The molecule has 1 aliphatic carbocycles. The summed E-state index contributed by atoms with van der Waals surface area (Å²) in [4.78, 5) is 33.4. The minimum Gasteiger partial charge on any atom is -0.549 e. The van der Waals surface area contributed by atoms with Gasteiger partial charge in [-0.3, -0.25) is 4.79 Å². The van der Waals surface area contributed by atoms with Gasteiger partial charge in [0.25, 0.3) is 5.56 Å². The van der Waals surface area contributed by atoms with Crippen molar-refractivity contribution in [3.63, 3.8) is 0 Å². The lowest BCUT2D eigenvalue weighted by Crippen LogP contribution is -2.24. The zero-order chi connectivity index (χ0) is 19.7. The van der Waals surface area contributed by atoms with E-state index in [1.807, 2.05) is 0 Å². The highest BCUT2D eigenvalue weighted by molar-refractivity contribution is 8.09. The van der Waals surface area contributed by atoms with Gasteiger partial charge in [-0.05, 0) is 55.0 Å². The number of aromatic amines is 1. The zero-order valence-corrected chi connectivity index (χ0v) is 16.4. The Hall–Kier alpha value is -2.45. The molecule has 0 amide bonds. The van der Waals surface area contributed by atoms with Crippen molar-refractivity contribution in [1.82, 2.24) is 9.97 Å². The zero-order valence-electron chi connectivity index (χ0n) is 14.8. The van der Waals surface area contributed by atoms with Gasteiger partial charge in [-0.1, -0.05) is 12.1 Å². The third kappa shape index (κ3) is 3.88. The van der Waals surface area contributed by atoms with E-state index in [-0.39, 0.29) is 17.1 Å². The van der Waals surface area contributed by atoms with Crippen LogP contribution in [0.1, 0.15) is 34.7 Å². The van der Waals surface area contributed by atoms with E-state index in [1.165, 1.54) is 28.3 Å². The second-order valence-electron chi connectivity index (χ2n) is 6.53. The molecule has 5 nitrogen and oxygen atoms in total. The van der Waals surface area contributed by atoms with Gasteiger partial charge in [-0.15, -0.1) is 23.1 Å². The number of H-pyrrole nitrogens is 1. The number of rotatable bonds is 5. The Morgan fingerprint density at radius 3 is 2.96 bits per heavy atom. The van der Waals surface area contributed by atoms with Crippen LogP contribution in [0.15, 0.2) is 29.1 Å². The maximum absolute atomic E-state index is 13.5. The van der Waals surface area contributed by atoms with Crippen LogP contribution >= 0.6 is 23.1 Å². The standard InChI is InChI=1S/C20H17FN2O3S2/c21-12-5-3-4-11(8-12)9-15(27-10-16(24)25)18-22-19(26)17-13-6-1-2-7-14(13)28-20(17)23-18/h3-5,8-9H,1-2,6-7,10H2,(H,24,25)(H,22,23,26)/p-1/b15-9-. The molecule has 3 aromatic rings. The number of nitrogens with one attached hydrogen (secondary N) is 1. The minimum atomic E-state index is -1.23. The molecule has 28 heavy (non-hydrogen) atoms. The molecular weight excluding hydrogens is 399 g/mol. The maximum atomic E-state index is 13.5. The van der Waals surface area contributed by atoms with Crippen molar-refractivity contribution in [1.29, 1.82) is 0 Å². The minimum absolute atomic E-state index is 0.224. The van der Waals surface area contributed by atoms with Crippen molar-refractivity contribution < 1.29 is 14.3 Å². The van der Waals surface area contributed by atoms with Gasteiger partial charge in [-0.25, -0.2) is 9.37 Å². The molecular formula is C20H16FN2O3S2-. The first kappa shape index (κ1) is 18.9. The van der Waals surface area contributed by atoms with Gasteiger partial charge in [0.05, 0.1) is 16.3 Å². The predicted octanol–water partition coefficient (Wildman–Crippen LogP) is 2.98. The number of benzene rings is 1. The molecule has 0 radical (unpaired) electrons. The van der Waals surface area contributed by atoms with Gasteiger partial charge in [-0.2, -0.15) is 0 Å². The first-order valence-electron chi connectivity index (χ1n) is 8.86. The summed E-state index contributed by atoms with van der Waals surface area (Å²) in [5.74, 6) is -1.65. The molecule has 0 atom stereocenters. The molecule has 0 unspecified atom stereocenters. The van der Waals surface area contributed by atoms with Crippen molar-refractivity contribution in [2.45, 2.75) is 25.7 Å². The normalized spacial score (nSPS) is 14.2. The van der Waals surface area contributed by atoms with Crippen molar-refractivity contribution in [2.24, 2.45) is 0 Å². The van der Waals surface area contributed by atoms with Crippen LogP contribution in [0.4, 0.5) is 4.39 Å². The Bertz CT molecular complexity index is 1150. The molecule has 2 heterocycles. The molecule has 1 aromatic carbocycles. The second-order valence-corrected chi connectivity index (χ2v) is 8.63. The first-order chi connectivity index (χ1) is 13.5. The van der Waals surface area contributed by atoms with Crippen molar-refractivity contribution in [2.75, 3.05) is 5.75 Å². The Morgan fingerprint density at radius 2 is 2.18 bits per heavy atom. The summed E-state index contributed by atoms with van der Waals surface area (Å²) in [6, 6.07) is 5.92. The van der Waals surface area contributed by atoms with E-state index in [0.717, 1.165) is 43.0 Å². The first-order valence-corrected chi connectivity index (χ1v) is 10.7. The molecule has 0 saturated heterocycles. The molecule has 4 rings (SSSR count). The van der Waals surface area contributed by atoms with Gasteiger partial charge >= 0.3 is 0 Å². The Kier molecular flexibility index (Phi) is 5.32. The average Bonchev–Trinajstić information content (AvgIpc) is 3.04. The number of hydrogen-bond donors (Lipinski definition) is 1. The van der Waals surface area contributed by atoms with Crippen molar-refractivity contribution >= 4 is 50.3 Å². The highest BCUT2D eigenvalue weighted by Crippen LogP contribution is 2.35. The Morgan fingerprint density at radius 1 is 1.36 bits per heavy atom. The lowest BCUT2D eigenvalue weighted by Gasteiger charge is -2.10. The van der Waals surface area contributed by atoms with Crippen LogP contribution in [0.5, 0.6) is 0 Å². The van der Waals surface area contributed by atoms with E-state index in [2.05, 4.69) is 9.97 Å². The number of carbonyl (C=O) groups excluding carboxylic acids is 1. The van der Waals surface area contributed by atoms with E-state index in [9.17, 15) is 19.1 Å². The van der Waals surface area contributed by atoms with E-state index >= 15 is 0 Å². The van der Waals surface area contributed by atoms with Gasteiger partial charge in [0, 0.05) is 10.6 Å².